The fraction of sp³-hybridized carbons (Fsp3) is 0.412. The van der Waals surface area contributed by atoms with Gasteiger partial charge in [-0.2, -0.15) is 4.99 Å². The Morgan fingerprint density at radius 3 is 2.62 bits per heavy atom. The fourth-order valence-corrected chi connectivity index (χ4v) is 3.62. The van der Waals surface area contributed by atoms with Gasteiger partial charge in [0.15, 0.2) is 16.7 Å². The lowest BCUT2D eigenvalue weighted by Crippen LogP contribution is -2.36. The lowest BCUT2D eigenvalue weighted by Gasteiger charge is -2.26. The van der Waals surface area contributed by atoms with Gasteiger partial charge in [-0.1, -0.05) is 11.8 Å². The van der Waals surface area contributed by atoms with E-state index in [4.69, 9.17) is 9.47 Å². The summed E-state index contributed by atoms with van der Waals surface area (Å²) in [5.74, 6) is 1.90. The lowest BCUT2D eigenvalue weighted by atomic mass is 10.1. The molecule has 0 aromatic heterocycles. The Balaban J connectivity index is 1.87. The number of hydrogen-bond acceptors (Lipinski definition) is 8. The average molecular weight is 377 g/mol. The highest BCUT2D eigenvalue weighted by molar-refractivity contribution is 8.13. The maximum atomic E-state index is 11.9. The first kappa shape index (κ1) is 18.2. The number of fused-ring (bicyclic) bond motifs is 3. The number of amidine groups is 2. The quantitative estimate of drug-likeness (QED) is 0.553. The number of rotatable bonds is 6. The molecule has 2 heterocycles. The number of carbonyl (C=O) groups is 2. The van der Waals surface area contributed by atoms with Crippen LogP contribution < -0.4 is 9.47 Å². The molecule has 2 aliphatic rings. The van der Waals surface area contributed by atoms with Crippen molar-refractivity contribution in [2.24, 2.45) is 9.98 Å². The largest absolute Gasteiger partial charge is 0.493 e. The summed E-state index contributed by atoms with van der Waals surface area (Å²) >= 11 is 1.48. The van der Waals surface area contributed by atoms with E-state index in [1.54, 1.807) is 31.3 Å². The van der Waals surface area contributed by atoms with E-state index in [0.717, 1.165) is 5.56 Å². The Labute approximate surface area is 155 Å². The summed E-state index contributed by atoms with van der Waals surface area (Å²) in [7, 11) is 4.48. The van der Waals surface area contributed by atoms with Crippen molar-refractivity contribution in [1.29, 1.82) is 0 Å². The van der Waals surface area contributed by atoms with Crippen LogP contribution in [0.4, 0.5) is 5.69 Å². The van der Waals surface area contributed by atoms with Crippen molar-refractivity contribution in [3.63, 3.8) is 0 Å². The van der Waals surface area contributed by atoms with Gasteiger partial charge in [0.2, 0.25) is 0 Å². The summed E-state index contributed by atoms with van der Waals surface area (Å²) < 4.78 is 15.3. The van der Waals surface area contributed by atoms with E-state index in [1.807, 2.05) is 0 Å². The highest BCUT2D eigenvalue weighted by Crippen LogP contribution is 2.39. The first-order valence-corrected chi connectivity index (χ1v) is 8.99. The summed E-state index contributed by atoms with van der Waals surface area (Å²) in [6, 6.07) is 3.55. The summed E-state index contributed by atoms with van der Waals surface area (Å²) in [5.41, 5.74) is 1.40. The lowest BCUT2D eigenvalue weighted by molar-refractivity contribution is -0.140. The van der Waals surface area contributed by atoms with E-state index in [0.29, 0.717) is 46.8 Å². The van der Waals surface area contributed by atoms with E-state index in [-0.39, 0.29) is 18.4 Å². The third kappa shape index (κ3) is 3.52. The minimum absolute atomic E-state index is 0.159. The smallest absolute Gasteiger partial charge is 0.305 e. The second kappa shape index (κ2) is 7.77. The molecule has 0 N–H and O–H groups in total. The maximum Gasteiger partial charge on any atom is 0.305 e. The molecule has 2 aliphatic heterocycles. The van der Waals surface area contributed by atoms with Crippen LogP contribution in [0.5, 0.6) is 11.5 Å². The highest BCUT2D eigenvalue weighted by atomic mass is 32.2. The zero-order valence-electron chi connectivity index (χ0n) is 14.8. The molecule has 9 heteroatoms. The van der Waals surface area contributed by atoms with E-state index >= 15 is 0 Å². The van der Waals surface area contributed by atoms with Crippen molar-refractivity contribution >= 4 is 40.3 Å². The Bertz CT molecular complexity index is 806. The molecule has 3 rings (SSSR count). The number of hydrogen-bond donors (Lipinski definition) is 0. The van der Waals surface area contributed by atoms with Crippen LogP contribution in [0.2, 0.25) is 0 Å². The summed E-state index contributed by atoms with van der Waals surface area (Å²) in [4.78, 5) is 33.7. The van der Waals surface area contributed by atoms with E-state index in [1.165, 1.54) is 18.9 Å². The Hall–Kier alpha value is -2.55. The Morgan fingerprint density at radius 2 is 1.92 bits per heavy atom. The van der Waals surface area contributed by atoms with Crippen LogP contribution in [0, 0.1) is 0 Å². The molecule has 0 unspecified atom stereocenters. The number of esters is 1. The second-order valence-electron chi connectivity index (χ2n) is 5.56. The Kier molecular flexibility index (Phi) is 5.46. The molecule has 0 fully saturated rings. The molecule has 1 aromatic rings. The van der Waals surface area contributed by atoms with Crippen molar-refractivity contribution in [2.75, 3.05) is 33.6 Å². The Morgan fingerprint density at radius 1 is 1.19 bits per heavy atom. The predicted molar refractivity (Wildman–Crippen MR) is 98.6 cm³/mol. The van der Waals surface area contributed by atoms with Gasteiger partial charge >= 0.3 is 5.97 Å². The first-order valence-electron chi connectivity index (χ1n) is 8.01. The number of methoxy groups -OCH3 is 3. The van der Waals surface area contributed by atoms with Gasteiger partial charge in [-0.25, -0.2) is 4.99 Å². The molecule has 1 aromatic carbocycles. The summed E-state index contributed by atoms with van der Waals surface area (Å²) in [6.07, 6.45) is 1.00. The zero-order valence-corrected chi connectivity index (χ0v) is 15.6. The van der Waals surface area contributed by atoms with Crippen molar-refractivity contribution in [3.8, 4) is 11.5 Å². The summed E-state index contributed by atoms with van der Waals surface area (Å²) in [6.45, 7) is 0.159. The van der Waals surface area contributed by atoms with Crippen LogP contribution in [0.25, 0.3) is 0 Å². The van der Waals surface area contributed by atoms with E-state index in [9.17, 15) is 9.59 Å². The van der Waals surface area contributed by atoms with Crippen molar-refractivity contribution < 1.29 is 23.8 Å². The zero-order chi connectivity index (χ0) is 18.7. The molecule has 1 amide bonds. The van der Waals surface area contributed by atoms with E-state index < -0.39 is 0 Å². The van der Waals surface area contributed by atoms with Crippen LogP contribution >= 0.6 is 11.8 Å². The van der Waals surface area contributed by atoms with Crippen molar-refractivity contribution in [1.82, 2.24) is 4.90 Å². The number of aliphatic imine (C=N–C) groups is 2. The average Bonchev–Trinajstić information content (AvgIpc) is 3.05. The third-order valence-electron chi connectivity index (χ3n) is 3.95. The van der Waals surface area contributed by atoms with Gasteiger partial charge in [0.25, 0.3) is 5.91 Å². The normalized spacial score (nSPS) is 15.0. The van der Waals surface area contributed by atoms with Crippen LogP contribution in [0.1, 0.15) is 18.4 Å². The molecule has 0 saturated heterocycles. The number of amides is 1. The molecule has 26 heavy (non-hydrogen) atoms. The van der Waals surface area contributed by atoms with Gasteiger partial charge in [-0.15, -0.1) is 0 Å². The molecule has 138 valence electrons. The van der Waals surface area contributed by atoms with Crippen LogP contribution in [0.3, 0.4) is 0 Å². The molecule has 0 radical (unpaired) electrons. The summed E-state index contributed by atoms with van der Waals surface area (Å²) in [5, 5.41) is 0.680. The van der Waals surface area contributed by atoms with Gasteiger partial charge in [-0.3, -0.25) is 14.5 Å². The van der Waals surface area contributed by atoms with Gasteiger partial charge in [0.1, 0.15) is 12.4 Å². The molecular formula is C17H19N3O5S. The SMILES string of the molecule is COC(=O)CCCSC1=Nc2cc(OC)c(OC)cc2C2=NC(=O)CN12. The first-order chi connectivity index (χ1) is 12.6. The number of nitrogens with zero attached hydrogens (tertiary/aromatic N) is 3. The number of thioether (sulfide) groups is 1. The van der Waals surface area contributed by atoms with Crippen LogP contribution in [0.15, 0.2) is 22.1 Å². The van der Waals surface area contributed by atoms with Gasteiger partial charge in [0, 0.05) is 23.8 Å². The monoisotopic (exact) mass is 377 g/mol. The maximum absolute atomic E-state index is 11.9. The molecule has 8 nitrogen and oxygen atoms in total. The molecule has 0 bridgehead atoms. The molecule has 0 atom stereocenters. The molecule has 0 spiro atoms. The van der Waals surface area contributed by atoms with Gasteiger partial charge in [-0.05, 0) is 12.5 Å². The number of carbonyl (C=O) groups excluding carboxylic acids is 2. The second-order valence-corrected chi connectivity index (χ2v) is 6.62. The molecule has 0 aliphatic carbocycles. The highest BCUT2D eigenvalue weighted by Gasteiger charge is 2.34. The predicted octanol–water partition coefficient (Wildman–Crippen LogP) is 1.98. The van der Waals surface area contributed by atoms with Gasteiger partial charge in [0.05, 0.1) is 27.0 Å². The van der Waals surface area contributed by atoms with Gasteiger partial charge < -0.3 is 14.2 Å². The van der Waals surface area contributed by atoms with Crippen molar-refractivity contribution in [3.05, 3.63) is 17.7 Å². The van der Waals surface area contributed by atoms with Crippen LogP contribution in [-0.2, 0) is 14.3 Å². The fourth-order valence-electron chi connectivity index (χ4n) is 2.68. The number of ether oxygens (including phenoxy) is 3. The number of benzene rings is 1. The van der Waals surface area contributed by atoms with E-state index in [2.05, 4.69) is 14.7 Å². The van der Waals surface area contributed by atoms with Crippen LogP contribution in [-0.4, -0.2) is 61.4 Å². The topological polar surface area (TPSA) is 89.8 Å². The minimum Gasteiger partial charge on any atom is -0.493 e. The van der Waals surface area contributed by atoms with Crippen molar-refractivity contribution in [2.45, 2.75) is 12.8 Å². The third-order valence-corrected chi connectivity index (χ3v) is 5.02. The standard InChI is InChI=1S/C17H19N3O5S/c1-23-12-7-10-11(8-13(12)24-2)18-17(20-9-14(21)19-16(10)20)26-6-4-5-15(22)25-3/h7-8H,4-6,9H2,1-3H3. The minimum atomic E-state index is -0.239. The molecular weight excluding hydrogens is 358 g/mol. The molecule has 0 saturated carbocycles.